The highest BCUT2D eigenvalue weighted by Gasteiger charge is 2.36. The van der Waals surface area contributed by atoms with Gasteiger partial charge >= 0.3 is 5.76 Å². The molecule has 5 aromatic rings. The van der Waals surface area contributed by atoms with E-state index in [4.69, 9.17) is 13.3 Å². The molecule has 0 aliphatic carbocycles. The van der Waals surface area contributed by atoms with Crippen LogP contribution in [0.15, 0.2) is 89.4 Å². The number of rotatable bonds is 5. The number of hydrazone groups is 1. The van der Waals surface area contributed by atoms with Gasteiger partial charge in [-0.1, -0.05) is 24.3 Å². The molecule has 0 saturated heterocycles. The number of aromatic nitrogens is 2. The first-order chi connectivity index (χ1) is 16.2. The van der Waals surface area contributed by atoms with Crippen molar-refractivity contribution in [3.8, 4) is 10.8 Å². The predicted octanol–water partition coefficient (Wildman–Crippen LogP) is 4.28. The van der Waals surface area contributed by atoms with Gasteiger partial charge in [0.2, 0.25) is 0 Å². The predicted molar refractivity (Wildman–Crippen MR) is 120 cm³/mol. The van der Waals surface area contributed by atoms with Gasteiger partial charge in [-0.05, 0) is 35.7 Å². The Morgan fingerprint density at radius 1 is 1.12 bits per heavy atom. The van der Waals surface area contributed by atoms with E-state index in [1.54, 1.807) is 24.5 Å². The molecule has 0 fully saturated rings. The van der Waals surface area contributed by atoms with E-state index < -0.39 is 17.7 Å². The number of benzene rings is 1. The molecule has 5 heterocycles. The number of hydrogen-bond acceptors (Lipinski definition) is 8. The first-order valence-corrected chi connectivity index (χ1v) is 11.1. The van der Waals surface area contributed by atoms with Crippen molar-refractivity contribution < 1.29 is 18.0 Å². The summed E-state index contributed by atoms with van der Waals surface area (Å²) in [5.74, 6) is 0.225. The van der Waals surface area contributed by atoms with Crippen molar-refractivity contribution >= 4 is 33.9 Å². The lowest BCUT2D eigenvalue weighted by atomic mass is 10.1. The number of carbonyl (C=O) groups is 1. The van der Waals surface area contributed by atoms with E-state index >= 15 is 0 Å². The summed E-state index contributed by atoms with van der Waals surface area (Å²) in [6, 6.07) is 16.3. The topological polar surface area (TPSA) is 107 Å². The molecule has 10 heteroatoms. The Labute approximate surface area is 190 Å². The van der Waals surface area contributed by atoms with E-state index in [1.165, 1.54) is 16.3 Å². The number of carbonyl (C=O) groups excluding carboxylic acids is 1. The van der Waals surface area contributed by atoms with E-state index in [0.29, 0.717) is 28.5 Å². The molecular formula is C23H16N4O5S. The summed E-state index contributed by atoms with van der Waals surface area (Å²) in [5.41, 5.74) is 1.36. The molecule has 4 aromatic heterocycles. The van der Waals surface area contributed by atoms with Crippen LogP contribution in [0.4, 0.5) is 0 Å². The third-order valence-corrected chi connectivity index (χ3v) is 6.23. The molecule has 33 heavy (non-hydrogen) atoms. The second-order valence-corrected chi connectivity index (χ2v) is 8.42. The number of fused-ring (bicyclic) bond motifs is 1. The summed E-state index contributed by atoms with van der Waals surface area (Å²) < 4.78 is 17.7. The minimum atomic E-state index is -0.706. The maximum absolute atomic E-state index is 13.2. The Balaban J connectivity index is 1.32. The number of thiophene rings is 1. The average molecular weight is 460 g/mol. The second-order valence-electron chi connectivity index (χ2n) is 7.48. The van der Waals surface area contributed by atoms with Crippen LogP contribution in [0.25, 0.3) is 21.7 Å². The van der Waals surface area contributed by atoms with Crippen molar-refractivity contribution in [2.75, 3.05) is 0 Å². The molecular weight excluding hydrogens is 444 g/mol. The van der Waals surface area contributed by atoms with Crippen molar-refractivity contribution in [2.45, 2.75) is 19.0 Å². The van der Waals surface area contributed by atoms with Gasteiger partial charge in [-0.15, -0.1) is 16.4 Å². The molecule has 0 bridgehead atoms. The SMILES string of the molecule is O=C(Cn1nc(-c2cccs2)oc1=O)N1N=C(c2cc3ccccc3o2)CC1c1ccco1. The van der Waals surface area contributed by atoms with Crippen LogP contribution in [0.1, 0.15) is 24.0 Å². The Hall–Kier alpha value is -4.18. The van der Waals surface area contributed by atoms with Crippen molar-refractivity contribution in [3.05, 3.63) is 88.3 Å². The van der Waals surface area contributed by atoms with Gasteiger partial charge in [-0.25, -0.2) is 9.80 Å². The number of hydrogen-bond donors (Lipinski definition) is 0. The lowest BCUT2D eigenvalue weighted by Gasteiger charge is -2.19. The third kappa shape index (κ3) is 3.50. The van der Waals surface area contributed by atoms with Crippen LogP contribution in [0.2, 0.25) is 0 Å². The Bertz CT molecular complexity index is 1490. The zero-order chi connectivity index (χ0) is 22.4. The Morgan fingerprint density at radius 3 is 2.82 bits per heavy atom. The van der Waals surface area contributed by atoms with Crippen LogP contribution in [-0.4, -0.2) is 26.4 Å². The van der Waals surface area contributed by atoms with Crippen molar-refractivity contribution in [3.63, 3.8) is 0 Å². The number of nitrogens with zero attached hydrogens (tertiary/aromatic N) is 4. The van der Waals surface area contributed by atoms with Crippen LogP contribution in [0.3, 0.4) is 0 Å². The smallest absolute Gasteiger partial charge is 0.437 e. The zero-order valence-corrected chi connectivity index (χ0v) is 17.9. The second kappa shape index (κ2) is 7.75. The first-order valence-electron chi connectivity index (χ1n) is 10.2. The summed E-state index contributed by atoms with van der Waals surface area (Å²) in [5, 5.41) is 12.8. The summed E-state index contributed by atoms with van der Waals surface area (Å²) >= 11 is 1.39. The molecule has 6 rings (SSSR count). The Kier molecular flexibility index (Phi) is 4.58. The molecule has 0 saturated carbocycles. The quantitative estimate of drug-likeness (QED) is 0.387. The standard InChI is InChI=1S/C23H16N4O5S/c28-21(13-26-23(29)32-22(25-26)20-8-4-10-33-20)27-16(18-7-3-9-30-18)12-15(24-27)19-11-14-5-1-2-6-17(14)31-19/h1-11,16H,12-13H2. The number of amides is 1. The zero-order valence-electron chi connectivity index (χ0n) is 17.1. The molecule has 1 aliphatic heterocycles. The van der Waals surface area contributed by atoms with Gasteiger partial charge in [0.05, 0.1) is 11.1 Å². The Morgan fingerprint density at radius 2 is 2.03 bits per heavy atom. The van der Waals surface area contributed by atoms with Crippen LogP contribution >= 0.6 is 11.3 Å². The summed E-state index contributed by atoms with van der Waals surface area (Å²) in [7, 11) is 0. The van der Waals surface area contributed by atoms with E-state index in [-0.39, 0.29) is 12.4 Å². The monoisotopic (exact) mass is 460 g/mol. The normalized spacial score (nSPS) is 15.9. The van der Waals surface area contributed by atoms with Gasteiger partial charge in [0, 0.05) is 11.8 Å². The van der Waals surface area contributed by atoms with Gasteiger partial charge < -0.3 is 13.3 Å². The highest BCUT2D eigenvalue weighted by molar-refractivity contribution is 7.13. The molecule has 1 aromatic carbocycles. The van der Waals surface area contributed by atoms with Crippen LogP contribution in [0.5, 0.6) is 0 Å². The van der Waals surface area contributed by atoms with Gasteiger partial charge in [0.25, 0.3) is 11.8 Å². The average Bonchev–Trinajstić information content (AvgIpc) is 3.64. The number of furan rings is 2. The molecule has 0 spiro atoms. The first kappa shape index (κ1) is 19.5. The molecule has 1 atom stereocenters. The number of para-hydroxylation sites is 1. The van der Waals surface area contributed by atoms with Crippen molar-refractivity contribution in [1.82, 2.24) is 14.8 Å². The maximum atomic E-state index is 13.2. The third-order valence-electron chi connectivity index (χ3n) is 5.37. The summed E-state index contributed by atoms with van der Waals surface area (Å²) in [6.07, 6.45) is 1.96. The highest BCUT2D eigenvalue weighted by Crippen LogP contribution is 2.34. The maximum Gasteiger partial charge on any atom is 0.437 e. The lowest BCUT2D eigenvalue weighted by molar-refractivity contribution is -0.134. The molecule has 0 N–H and O–H groups in total. The van der Waals surface area contributed by atoms with Crippen molar-refractivity contribution in [2.24, 2.45) is 5.10 Å². The fourth-order valence-electron chi connectivity index (χ4n) is 3.82. The van der Waals surface area contributed by atoms with Gasteiger partial charge in [-0.2, -0.15) is 9.78 Å². The van der Waals surface area contributed by atoms with Crippen LogP contribution in [-0.2, 0) is 11.3 Å². The molecule has 1 aliphatic rings. The van der Waals surface area contributed by atoms with E-state index in [0.717, 1.165) is 15.7 Å². The van der Waals surface area contributed by atoms with E-state index in [1.807, 2.05) is 41.8 Å². The largest absolute Gasteiger partial charge is 0.467 e. The van der Waals surface area contributed by atoms with Crippen LogP contribution in [0, 0.1) is 0 Å². The van der Waals surface area contributed by atoms with Crippen molar-refractivity contribution in [1.29, 1.82) is 0 Å². The molecule has 1 unspecified atom stereocenters. The molecule has 164 valence electrons. The molecule has 0 radical (unpaired) electrons. The van der Waals surface area contributed by atoms with E-state index in [9.17, 15) is 9.59 Å². The fourth-order valence-corrected chi connectivity index (χ4v) is 4.47. The minimum absolute atomic E-state index is 0.179. The van der Waals surface area contributed by atoms with Crippen LogP contribution < -0.4 is 5.76 Å². The minimum Gasteiger partial charge on any atom is -0.467 e. The van der Waals surface area contributed by atoms with Gasteiger partial charge in [0.1, 0.15) is 29.6 Å². The molecule has 1 amide bonds. The summed E-state index contributed by atoms with van der Waals surface area (Å²) in [4.78, 5) is 26.2. The van der Waals surface area contributed by atoms with Gasteiger partial charge in [-0.3, -0.25) is 4.79 Å². The highest BCUT2D eigenvalue weighted by atomic mass is 32.1. The van der Waals surface area contributed by atoms with E-state index in [2.05, 4.69) is 10.2 Å². The fraction of sp³-hybridized carbons (Fsp3) is 0.130. The van der Waals surface area contributed by atoms with Gasteiger partial charge in [0.15, 0.2) is 5.76 Å². The lowest BCUT2D eigenvalue weighted by Crippen LogP contribution is -2.33. The summed E-state index contributed by atoms with van der Waals surface area (Å²) in [6.45, 7) is -0.318. The molecule has 9 nitrogen and oxygen atoms in total.